The standard InChI is InChI=1S/C21H21ClFN5O2/c22-15-4-5-17(16(23)13-15)25-19(29)8-12-28-10-6-14(7-11-28)21-26-20(27-30-21)18-3-1-2-9-24-18/h1-5,9,13-14H,6-8,10-12H2,(H,25,29). The molecular weight excluding hydrogens is 409 g/mol. The monoisotopic (exact) mass is 429 g/mol. The smallest absolute Gasteiger partial charge is 0.230 e. The number of hydrogen-bond donors (Lipinski definition) is 1. The van der Waals surface area contributed by atoms with E-state index in [-0.39, 0.29) is 23.9 Å². The minimum absolute atomic E-state index is 0.142. The maximum Gasteiger partial charge on any atom is 0.230 e. The lowest BCUT2D eigenvalue weighted by Gasteiger charge is -2.30. The summed E-state index contributed by atoms with van der Waals surface area (Å²) in [6.07, 6.45) is 3.73. The number of nitrogens with zero attached hydrogens (tertiary/aromatic N) is 4. The predicted octanol–water partition coefficient (Wildman–Crippen LogP) is 4.13. The van der Waals surface area contributed by atoms with Crippen LogP contribution in [0.15, 0.2) is 47.1 Å². The number of hydrogen-bond acceptors (Lipinski definition) is 6. The average Bonchev–Trinajstić information content (AvgIpc) is 3.26. The number of aromatic nitrogens is 3. The highest BCUT2D eigenvalue weighted by molar-refractivity contribution is 6.30. The lowest BCUT2D eigenvalue weighted by molar-refractivity contribution is -0.116. The van der Waals surface area contributed by atoms with Crippen LogP contribution >= 0.6 is 11.6 Å². The van der Waals surface area contributed by atoms with Gasteiger partial charge in [0.1, 0.15) is 11.5 Å². The Morgan fingerprint density at radius 1 is 1.27 bits per heavy atom. The van der Waals surface area contributed by atoms with Crippen molar-refractivity contribution in [1.82, 2.24) is 20.0 Å². The number of pyridine rings is 1. The molecule has 7 nitrogen and oxygen atoms in total. The average molecular weight is 430 g/mol. The van der Waals surface area contributed by atoms with Crippen LogP contribution in [0.25, 0.3) is 11.5 Å². The number of nitrogens with one attached hydrogen (secondary N) is 1. The molecule has 0 unspecified atom stereocenters. The number of carbonyl (C=O) groups is 1. The molecule has 3 heterocycles. The Kier molecular flexibility index (Phi) is 6.35. The van der Waals surface area contributed by atoms with E-state index in [1.165, 1.54) is 12.1 Å². The van der Waals surface area contributed by atoms with E-state index in [1.54, 1.807) is 12.3 Å². The summed E-state index contributed by atoms with van der Waals surface area (Å²) in [6.45, 7) is 2.26. The normalized spacial score (nSPS) is 15.3. The molecule has 1 N–H and O–H groups in total. The summed E-state index contributed by atoms with van der Waals surface area (Å²) >= 11 is 5.73. The van der Waals surface area contributed by atoms with E-state index in [0.29, 0.717) is 29.0 Å². The van der Waals surface area contributed by atoms with Crippen molar-refractivity contribution in [3.05, 3.63) is 59.3 Å². The number of piperidine rings is 1. The zero-order valence-electron chi connectivity index (χ0n) is 16.2. The fourth-order valence-electron chi connectivity index (χ4n) is 3.47. The van der Waals surface area contributed by atoms with Crippen LogP contribution in [-0.4, -0.2) is 45.6 Å². The SMILES string of the molecule is O=C(CCN1CCC(c2nc(-c3ccccn3)no2)CC1)Nc1ccc(Cl)cc1F. The van der Waals surface area contributed by atoms with Gasteiger partial charge in [-0.05, 0) is 56.3 Å². The van der Waals surface area contributed by atoms with E-state index in [9.17, 15) is 9.18 Å². The number of carbonyl (C=O) groups excluding carboxylic acids is 1. The van der Waals surface area contributed by atoms with Gasteiger partial charge < -0.3 is 14.7 Å². The Morgan fingerprint density at radius 3 is 2.83 bits per heavy atom. The molecule has 0 saturated carbocycles. The Bertz CT molecular complexity index is 1010. The minimum Gasteiger partial charge on any atom is -0.339 e. The van der Waals surface area contributed by atoms with Crippen LogP contribution in [0.5, 0.6) is 0 Å². The molecule has 1 aromatic carbocycles. The van der Waals surface area contributed by atoms with Crippen LogP contribution in [-0.2, 0) is 4.79 Å². The number of halogens is 2. The molecule has 156 valence electrons. The van der Waals surface area contributed by atoms with Crippen molar-refractivity contribution in [2.75, 3.05) is 25.0 Å². The van der Waals surface area contributed by atoms with E-state index in [2.05, 4.69) is 25.3 Å². The summed E-state index contributed by atoms with van der Waals surface area (Å²) in [5.41, 5.74) is 0.830. The van der Waals surface area contributed by atoms with E-state index < -0.39 is 5.82 Å². The highest BCUT2D eigenvalue weighted by atomic mass is 35.5. The number of likely N-dealkylation sites (tertiary alicyclic amines) is 1. The van der Waals surface area contributed by atoms with Gasteiger partial charge in [-0.2, -0.15) is 4.98 Å². The van der Waals surface area contributed by atoms with Crippen molar-refractivity contribution < 1.29 is 13.7 Å². The molecule has 4 rings (SSSR count). The van der Waals surface area contributed by atoms with Gasteiger partial charge in [0.25, 0.3) is 0 Å². The zero-order valence-corrected chi connectivity index (χ0v) is 17.0. The summed E-state index contributed by atoms with van der Waals surface area (Å²) in [4.78, 5) is 23.1. The molecule has 3 aromatic rings. The van der Waals surface area contributed by atoms with E-state index in [1.807, 2.05) is 18.2 Å². The second-order valence-corrected chi connectivity index (χ2v) is 7.65. The molecule has 2 aromatic heterocycles. The molecule has 0 atom stereocenters. The molecule has 0 bridgehead atoms. The first-order valence-corrected chi connectivity index (χ1v) is 10.2. The molecular formula is C21H21ClFN5O2. The Balaban J connectivity index is 1.24. The van der Waals surface area contributed by atoms with E-state index in [0.717, 1.165) is 25.9 Å². The van der Waals surface area contributed by atoms with Crippen LogP contribution in [0.2, 0.25) is 5.02 Å². The second kappa shape index (κ2) is 9.32. The van der Waals surface area contributed by atoms with Crippen molar-refractivity contribution in [3.8, 4) is 11.5 Å². The molecule has 1 saturated heterocycles. The lowest BCUT2D eigenvalue weighted by atomic mass is 9.96. The number of benzene rings is 1. The molecule has 1 aliphatic rings. The largest absolute Gasteiger partial charge is 0.339 e. The Morgan fingerprint density at radius 2 is 2.10 bits per heavy atom. The van der Waals surface area contributed by atoms with Crippen molar-refractivity contribution in [1.29, 1.82) is 0 Å². The van der Waals surface area contributed by atoms with Crippen molar-refractivity contribution in [3.63, 3.8) is 0 Å². The van der Waals surface area contributed by atoms with Gasteiger partial charge in [0.05, 0.1) is 5.69 Å². The summed E-state index contributed by atoms with van der Waals surface area (Å²) in [6, 6.07) is 9.75. The number of amides is 1. The van der Waals surface area contributed by atoms with Crippen LogP contribution in [0.4, 0.5) is 10.1 Å². The fourth-order valence-corrected chi connectivity index (χ4v) is 3.63. The second-order valence-electron chi connectivity index (χ2n) is 7.21. The predicted molar refractivity (Wildman–Crippen MR) is 111 cm³/mol. The molecule has 0 aliphatic carbocycles. The van der Waals surface area contributed by atoms with E-state index in [4.69, 9.17) is 16.1 Å². The van der Waals surface area contributed by atoms with Gasteiger partial charge in [0.2, 0.25) is 17.6 Å². The van der Waals surface area contributed by atoms with Gasteiger partial charge in [0.15, 0.2) is 0 Å². The summed E-state index contributed by atoms with van der Waals surface area (Å²) in [7, 11) is 0. The van der Waals surface area contributed by atoms with E-state index >= 15 is 0 Å². The number of anilines is 1. The summed E-state index contributed by atoms with van der Waals surface area (Å²) in [5.74, 6) is 0.560. The zero-order chi connectivity index (χ0) is 20.9. The van der Waals surface area contributed by atoms with Crippen LogP contribution in [0.1, 0.15) is 31.1 Å². The van der Waals surface area contributed by atoms with Gasteiger partial charge in [-0.3, -0.25) is 9.78 Å². The van der Waals surface area contributed by atoms with Gasteiger partial charge in [0, 0.05) is 30.1 Å². The third-order valence-electron chi connectivity index (χ3n) is 5.13. The van der Waals surface area contributed by atoms with Gasteiger partial charge in [-0.25, -0.2) is 4.39 Å². The first-order valence-electron chi connectivity index (χ1n) is 9.81. The van der Waals surface area contributed by atoms with Gasteiger partial charge in [-0.1, -0.05) is 22.8 Å². The Hall–Kier alpha value is -2.84. The first-order chi connectivity index (χ1) is 14.6. The molecule has 30 heavy (non-hydrogen) atoms. The quantitative estimate of drug-likeness (QED) is 0.634. The minimum atomic E-state index is -0.540. The Labute approximate surface area is 178 Å². The molecule has 1 amide bonds. The lowest BCUT2D eigenvalue weighted by Crippen LogP contribution is -2.35. The van der Waals surface area contributed by atoms with Crippen molar-refractivity contribution in [2.24, 2.45) is 0 Å². The van der Waals surface area contributed by atoms with Crippen LogP contribution in [0, 0.1) is 5.82 Å². The van der Waals surface area contributed by atoms with Crippen molar-refractivity contribution >= 4 is 23.2 Å². The van der Waals surface area contributed by atoms with Gasteiger partial charge >= 0.3 is 0 Å². The van der Waals surface area contributed by atoms with Crippen molar-refractivity contribution in [2.45, 2.75) is 25.2 Å². The summed E-state index contributed by atoms with van der Waals surface area (Å²) in [5, 5.41) is 6.92. The first kappa shape index (κ1) is 20.4. The molecule has 0 spiro atoms. The molecule has 1 fully saturated rings. The third-order valence-corrected chi connectivity index (χ3v) is 5.37. The highest BCUT2D eigenvalue weighted by Gasteiger charge is 2.25. The third kappa shape index (κ3) is 5.01. The fraction of sp³-hybridized carbons (Fsp3) is 0.333. The van der Waals surface area contributed by atoms with Crippen LogP contribution < -0.4 is 5.32 Å². The maximum atomic E-state index is 13.8. The summed E-state index contributed by atoms with van der Waals surface area (Å²) < 4.78 is 19.2. The highest BCUT2D eigenvalue weighted by Crippen LogP contribution is 2.28. The number of rotatable bonds is 6. The molecule has 1 aliphatic heterocycles. The molecule has 0 radical (unpaired) electrons. The maximum absolute atomic E-state index is 13.8. The van der Waals surface area contributed by atoms with Crippen LogP contribution in [0.3, 0.4) is 0 Å². The topological polar surface area (TPSA) is 84.2 Å². The van der Waals surface area contributed by atoms with Gasteiger partial charge in [-0.15, -0.1) is 0 Å². The molecule has 9 heteroatoms.